The fourth-order valence-electron chi connectivity index (χ4n) is 2.67. The Morgan fingerprint density at radius 2 is 2.19 bits per heavy atom. The van der Waals surface area contributed by atoms with E-state index in [0.29, 0.717) is 13.0 Å². The summed E-state index contributed by atoms with van der Waals surface area (Å²) in [4.78, 5) is -0.0925. The van der Waals surface area contributed by atoms with Crippen molar-refractivity contribution in [2.24, 2.45) is 0 Å². The quantitative estimate of drug-likeness (QED) is 0.921. The van der Waals surface area contributed by atoms with Crippen molar-refractivity contribution in [2.75, 3.05) is 6.54 Å². The van der Waals surface area contributed by atoms with Crippen LogP contribution in [0.2, 0.25) is 5.02 Å². The summed E-state index contributed by atoms with van der Waals surface area (Å²) in [6.45, 7) is 1.93. The van der Waals surface area contributed by atoms with Gasteiger partial charge in [-0.25, -0.2) is 8.42 Å². The molecular weight excluding hydrogens is 312 g/mol. The van der Waals surface area contributed by atoms with Crippen LogP contribution in [-0.2, 0) is 10.0 Å². The van der Waals surface area contributed by atoms with Crippen molar-refractivity contribution in [3.63, 3.8) is 0 Å². The first kappa shape index (κ1) is 16.2. The molecule has 1 aromatic rings. The van der Waals surface area contributed by atoms with E-state index >= 15 is 0 Å². The van der Waals surface area contributed by atoms with Crippen molar-refractivity contribution in [1.29, 1.82) is 5.26 Å². The molecule has 1 saturated heterocycles. The molecule has 2 rings (SSSR count). The Morgan fingerprint density at radius 3 is 2.81 bits per heavy atom. The lowest BCUT2D eigenvalue weighted by Gasteiger charge is -2.36. The van der Waals surface area contributed by atoms with Crippen LogP contribution >= 0.6 is 11.6 Å². The maximum absolute atomic E-state index is 12.8. The van der Waals surface area contributed by atoms with Gasteiger partial charge in [0.25, 0.3) is 0 Å². The summed E-state index contributed by atoms with van der Waals surface area (Å²) in [5.74, 6) is 0. The van der Waals surface area contributed by atoms with E-state index in [1.807, 2.05) is 6.07 Å². The van der Waals surface area contributed by atoms with Gasteiger partial charge in [0.05, 0.1) is 22.7 Å². The zero-order valence-corrected chi connectivity index (χ0v) is 13.2. The molecule has 5 nitrogen and oxygen atoms in total. The highest BCUT2D eigenvalue weighted by atomic mass is 35.5. The zero-order chi connectivity index (χ0) is 15.6. The van der Waals surface area contributed by atoms with E-state index in [4.69, 9.17) is 16.9 Å². The van der Waals surface area contributed by atoms with Gasteiger partial charge in [-0.3, -0.25) is 0 Å². The molecule has 1 aliphatic rings. The monoisotopic (exact) mass is 328 g/mol. The summed E-state index contributed by atoms with van der Waals surface area (Å²) in [6, 6.07) is 5.77. The van der Waals surface area contributed by atoms with E-state index < -0.39 is 22.2 Å². The van der Waals surface area contributed by atoms with Crippen molar-refractivity contribution in [2.45, 2.75) is 43.2 Å². The second-order valence-corrected chi connectivity index (χ2v) is 7.41. The summed E-state index contributed by atoms with van der Waals surface area (Å²) in [7, 11) is -3.86. The highest BCUT2D eigenvalue weighted by Gasteiger charge is 2.37. The molecule has 114 valence electrons. The molecular formula is C14H17ClN2O3S. The van der Waals surface area contributed by atoms with Crippen LogP contribution in [-0.4, -0.2) is 36.5 Å². The molecule has 1 aliphatic heterocycles. The highest BCUT2D eigenvalue weighted by Crippen LogP contribution is 2.30. The molecule has 0 radical (unpaired) electrons. The molecule has 21 heavy (non-hydrogen) atoms. The van der Waals surface area contributed by atoms with Crippen LogP contribution in [0.3, 0.4) is 0 Å². The molecule has 0 amide bonds. The average Bonchev–Trinajstić information content (AvgIpc) is 2.46. The van der Waals surface area contributed by atoms with Gasteiger partial charge in [0.2, 0.25) is 10.0 Å². The third kappa shape index (κ3) is 3.06. The van der Waals surface area contributed by atoms with Gasteiger partial charge in [-0.2, -0.15) is 9.57 Å². The van der Waals surface area contributed by atoms with E-state index in [-0.39, 0.29) is 15.5 Å². The molecule has 0 spiro atoms. The van der Waals surface area contributed by atoms with Gasteiger partial charge in [0.1, 0.15) is 11.0 Å². The third-order valence-corrected chi connectivity index (χ3v) is 6.01. The minimum absolute atomic E-state index is 0.0471. The highest BCUT2D eigenvalue weighted by molar-refractivity contribution is 7.89. The van der Waals surface area contributed by atoms with E-state index in [0.717, 1.165) is 12.8 Å². The molecule has 1 fully saturated rings. The predicted octanol–water partition coefficient (Wildman–Crippen LogP) is 2.14. The second-order valence-electron chi connectivity index (χ2n) is 5.14. The Labute approximate surface area is 129 Å². The van der Waals surface area contributed by atoms with Gasteiger partial charge in [-0.05, 0) is 31.9 Å². The fourth-order valence-corrected chi connectivity index (χ4v) is 4.86. The number of aliphatic hydroxyl groups is 1. The van der Waals surface area contributed by atoms with Crippen molar-refractivity contribution in [3.8, 4) is 6.07 Å². The lowest BCUT2D eigenvalue weighted by atomic mass is 10.0. The third-order valence-electron chi connectivity index (χ3n) is 3.73. The number of halogens is 1. The second kappa shape index (κ2) is 6.32. The molecule has 1 aromatic carbocycles. The smallest absolute Gasteiger partial charge is 0.244 e. The van der Waals surface area contributed by atoms with E-state index in [1.165, 1.54) is 22.5 Å². The lowest BCUT2D eigenvalue weighted by Crippen LogP contribution is -2.48. The van der Waals surface area contributed by atoms with Crippen LogP contribution in [0.25, 0.3) is 0 Å². The Hall–Kier alpha value is -1.13. The number of nitriles is 1. The summed E-state index contributed by atoms with van der Waals surface area (Å²) in [6.07, 6.45) is 1.47. The van der Waals surface area contributed by atoms with Gasteiger partial charge in [-0.1, -0.05) is 24.1 Å². The van der Waals surface area contributed by atoms with Gasteiger partial charge in [0.15, 0.2) is 0 Å². The Bertz CT molecular complexity index is 667. The molecule has 7 heteroatoms. The number of hydrogen-bond donors (Lipinski definition) is 1. The van der Waals surface area contributed by atoms with Crippen molar-refractivity contribution in [3.05, 3.63) is 28.8 Å². The van der Waals surface area contributed by atoms with Crippen LogP contribution in [0.1, 0.15) is 31.7 Å². The van der Waals surface area contributed by atoms with E-state index in [1.54, 1.807) is 6.92 Å². The number of piperidine rings is 1. The number of nitrogens with zero attached hydrogens (tertiary/aromatic N) is 2. The maximum Gasteiger partial charge on any atom is 0.244 e. The van der Waals surface area contributed by atoms with Crippen LogP contribution in [0.15, 0.2) is 23.1 Å². The van der Waals surface area contributed by atoms with Gasteiger partial charge in [-0.15, -0.1) is 0 Å². The number of rotatable bonds is 3. The van der Waals surface area contributed by atoms with Crippen molar-refractivity contribution >= 4 is 21.6 Å². The fraction of sp³-hybridized carbons (Fsp3) is 0.500. The summed E-state index contributed by atoms with van der Waals surface area (Å²) in [5, 5.41) is 19.1. The molecule has 1 heterocycles. The SMILES string of the molecule is CC(O)C1CCCCN1S(=O)(=O)c1cccc(Cl)c1C#N. The number of sulfonamides is 1. The van der Waals surface area contributed by atoms with Crippen LogP contribution < -0.4 is 0 Å². The van der Waals surface area contributed by atoms with Crippen LogP contribution in [0.4, 0.5) is 0 Å². The largest absolute Gasteiger partial charge is 0.392 e. The molecule has 0 aromatic heterocycles. The van der Waals surface area contributed by atoms with Gasteiger partial charge >= 0.3 is 0 Å². The van der Waals surface area contributed by atoms with E-state index in [2.05, 4.69) is 0 Å². The van der Waals surface area contributed by atoms with Crippen molar-refractivity contribution in [1.82, 2.24) is 4.31 Å². The van der Waals surface area contributed by atoms with Crippen LogP contribution in [0.5, 0.6) is 0 Å². The Kier molecular flexibility index (Phi) is 4.89. The first-order valence-electron chi connectivity index (χ1n) is 6.78. The molecule has 2 atom stereocenters. The molecule has 0 aliphatic carbocycles. The number of hydrogen-bond acceptors (Lipinski definition) is 4. The summed E-state index contributed by atoms with van der Waals surface area (Å²) in [5.41, 5.74) is -0.0471. The summed E-state index contributed by atoms with van der Waals surface area (Å²) >= 11 is 5.92. The zero-order valence-electron chi connectivity index (χ0n) is 11.7. The van der Waals surface area contributed by atoms with Crippen LogP contribution in [0, 0.1) is 11.3 Å². The molecule has 0 bridgehead atoms. The first-order valence-corrected chi connectivity index (χ1v) is 8.60. The molecule has 2 unspecified atom stereocenters. The van der Waals surface area contributed by atoms with E-state index in [9.17, 15) is 13.5 Å². The molecule has 0 saturated carbocycles. The average molecular weight is 329 g/mol. The standard InChI is InChI=1S/C14H17ClN2O3S/c1-10(18)13-6-2-3-8-17(13)21(19,20)14-7-4-5-12(15)11(14)9-16/h4-5,7,10,13,18H,2-3,6,8H2,1H3. The molecule has 1 N–H and O–H groups in total. The Balaban J connectivity index is 2.51. The predicted molar refractivity (Wildman–Crippen MR) is 79.4 cm³/mol. The lowest BCUT2D eigenvalue weighted by molar-refractivity contribution is 0.0831. The minimum Gasteiger partial charge on any atom is -0.392 e. The normalized spacial score (nSPS) is 21.7. The van der Waals surface area contributed by atoms with Gasteiger partial charge < -0.3 is 5.11 Å². The Morgan fingerprint density at radius 1 is 1.48 bits per heavy atom. The summed E-state index contributed by atoms with van der Waals surface area (Å²) < 4.78 is 27.0. The maximum atomic E-state index is 12.8. The first-order chi connectivity index (χ1) is 9.89. The topological polar surface area (TPSA) is 81.4 Å². The van der Waals surface area contributed by atoms with Crippen molar-refractivity contribution < 1.29 is 13.5 Å². The number of benzene rings is 1. The van der Waals surface area contributed by atoms with Gasteiger partial charge in [0, 0.05) is 6.54 Å². The minimum atomic E-state index is -3.86. The number of aliphatic hydroxyl groups excluding tert-OH is 1.